The maximum Gasteiger partial charge on any atom is 0.333 e. The van der Waals surface area contributed by atoms with Crippen LogP contribution in [-0.4, -0.2) is 11.3 Å². The van der Waals surface area contributed by atoms with Gasteiger partial charge in [-0.05, 0) is 115 Å². The first-order chi connectivity index (χ1) is 28.7. The van der Waals surface area contributed by atoms with Gasteiger partial charge in [0.2, 0.25) is 0 Å². The fraction of sp³-hybridized carbons (Fsp3) is 0.214. The van der Waals surface area contributed by atoms with Gasteiger partial charge in [0, 0.05) is 55.6 Å². The predicted octanol–water partition coefficient (Wildman–Crippen LogP) is 14.2. The Labute approximate surface area is 354 Å². The number of nitrogens with zero attached hydrogens (tertiary/aromatic N) is 2. The summed E-state index contributed by atoms with van der Waals surface area (Å²) in [4.78, 5) is 2.55. The van der Waals surface area contributed by atoms with Gasteiger partial charge in [0.05, 0.1) is 0 Å². The summed E-state index contributed by atoms with van der Waals surface area (Å²) in [7, 11) is 0. The van der Waals surface area contributed by atoms with Crippen LogP contribution in [0.2, 0.25) is 0 Å². The van der Waals surface area contributed by atoms with Gasteiger partial charge in [-0.25, -0.2) is 0 Å². The molecule has 0 saturated carbocycles. The van der Waals surface area contributed by atoms with Crippen molar-refractivity contribution in [3.8, 4) is 33.5 Å². The highest BCUT2D eigenvalue weighted by molar-refractivity contribution is 6.89. The standard InChI is InChI=1S/C56H51BN2O/c1-54(2,3)36-24-26-39(27-25-36)58-46-21-15-14-20-45(46)57-51-42(30-38(33-47(51)58)56(7,8)9)43-31-37(55(4,5)6)32-44-50(52(59(57)53(43)44)34-17-11-10-12-18-34)35-23-28-49-41(29-35)40-19-13-16-22-48(40)60-49/h10-33H,1-9H3. The van der Waals surface area contributed by atoms with Gasteiger partial charge in [-0.3, -0.25) is 0 Å². The molecule has 4 heterocycles. The Kier molecular flexibility index (Phi) is 7.75. The number of fused-ring (bicyclic) bond motifs is 7. The lowest BCUT2D eigenvalue weighted by Gasteiger charge is -2.42. The van der Waals surface area contributed by atoms with Crippen LogP contribution in [-0.2, 0) is 16.2 Å². The third kappa shape index (κ3) is 5.42. The molecule has 0 radical (unpaired) electrons. The van der Waals surface area contributed by atoms with Crippen LogP contribution in [0.5, 0.6) is 0 Å². The summed E-state index contributed by atoms with van der Waals surface area (Å²) in [5.41, 5.74) is 20.9. The molecule has 294 valence electrons. The topological polar surface area (TPSA) is 21.3 Å². The second-order valence-electron chi connectivity index (χ2n) is 20.2. The van der Waals surface area contributed by atoms with E-state index in [1.54, 1.807) is 0 Å². The first-order valence-electron chi connectivity index (χ1n) is 21.5. The number of furan rings is 1. The molecule has 2 aliphatic heterocycles. The molecule has 7 aromatic carbocycles. The summed E-state index contributed by atoms with van der Waals surface area (Å²) in [6.07, 6.45) is 0. The van der Waals surface area contributed by atoms with E-state index < -0.39 is 0 Å². The minimum atomic E-state index is -0.0896. The Morgan fingerprint density at radius 3 is 1.83 bits per heavy atom. The second kappa shape index (κ2) is 12.6. The first kappa shape index (κ1) is 36.8. The molecule has 0 spiro atoms. The van der Waals surface area contributed by atoms with Crippen LogP contribution in [0.15, 0.2) is 150 Å². The van der Waals surface area contributed by atoms with Crippen molar-refractivity contribution in [1.29, 1.82) is 0 Å². The zero-order valence-corrected chi connectivity index (χ0v) is 36.2. The average Bonchev–Trinajstić information content (AvgIpc) is 3.77. The molecule has 2 aromatic heterocycles. The summed E-state index contributed by atoms with van der Waals surface area (Å²) >= 11 is 0. The predicted molar refractivity (Wildman–Crippen MR) is 257 cm³/mol. The zero-order chi connectivity index (χ0) is 41.5. The molecule has 11 rings (SSSR count). The monoisotopic (exact) mass is 778 g/mol. The summed E-state index contributed by atoms with van der Waals surface area (Å²) in [5.74, 6) is 0. The first-order valence-corrected chi connectivity index (χ1v) is 21.5. The SMILES string of the molecule is CC(C)(C)c1ccc(N2c3ccccc3B3c4c(cc(C(C)(C)C)cc42)-c2cc(C(C)(C)C)cc4c(-c5ccc6oc7ccccc7c6c5)c(-c5ccccc5)n3c24)cc1. The summed E-state index contributed by atoms with van der Waals surface area (Å²) in [5, 5.41) is 3.57. The minimum absolute atomic E-state index is 0.0593. The molecule has 0 unspecified atom stereocenters. The smallest absolute Gasteiger partial charge is 0.333 e. The lowest BCUT2D eigenvalue weighted by Crippen LogP contribution is -2.57. The molecule has 9 aromatic rings. The molecule has 3 nitrogen and oxygen atoms in total. The van der Waals surface area contributed by atoms with Crippen molar-refractivity contribution in [2.45, 2.75) is 78.6 Å². The van der Waals surface area contributed by atoms with Crippen LogP contribution in [0.4, 0.5) is 17.1 Å². The van der Waals surface area contributed by atoms with Gasteiger partial charge in [0.15, 0.2) is 0 Å². The quantitative estimate of drug-likeness (QED) is 0.167. The van der Waals surface area contributed by atoms with Gasteiger partial charge < -0.3 is 13.8 Å². The third-order valence-electron chi connectivity index (χ3n) is 13.2. The molecule has 0 saturated heterocycles. The molecule has 60 heavy (non-hydrogen) atoms. The number of hydrogen-bond donors (Lipinski definition) is 0. The summed E-state index contributed by atoms with van der Waals surface area (Å²) in [6.45, 7) is 20.9. The van der Waals surface area contributed by atoms with Crippen molar-refractivity contribution in [3.63, 3.8) is 0 Å². The van der Waals surface area contributed by atoms with Gasteiger partial charge in [-0.2, -0.15) is 0 Å². The van der Waals surface area contributed by atoms with Crippen LogP contribution in [0.3, 0.4) is 0 Å². The lowest BCUT2D eigenvalue weighted by atomic mass is 9.44. The van der Waals surface area contributed by atoms with Gasteiger partial charge in [0.25, 0.3) is 0 Å². The van der Waals surface area contributed by atoms with Crippen molar-refractivity contribution in [2.24, 2.45) is 0 Å². The number of hydrogen-bond acceptors (Lipinski definition) is 2. The number of rotatable bonds is 3. The van der Waals surface area contributed by atoms with Crippen LogP contribution in [0.1, 0.15) is 79.0 Å². The highest BCUT2D eigenvalue weighted by atomic mass is 16.3. The molecular formula is C56H51BN2O. The largest absolute Gasteiger partial charge is 0.456 e. The zero-order valence-electron chi connectivity index (χ0n) is 36.2. The summed E-state index contributed by atoms with van der Waals surface area (Å²) in [6, 6.07) is 54.9. The van der Waals surface area contributed by atoms with Crippen molar-refractivity contribution < 1.29 is 4.42 Å². The van der Waals surface area contributed by atoms with Crippen molar-refractivity contribution in [3.05, 3.63) is 162 Å². The number of para-hydroxylation sites is 2. The van der Waals surface area contributed by atoms with E-state index in [1.807, 2.05) is 0 Å². The van der Waals surface area contributed by atoms with E-state index in [1.165, 1.54) is 89.1 Å². The van der Waals surface area contributed by atoms with E-state index >= 15 is 0 Å². The van der Waals surface area contributed by atoms with Crippen molar-refractivity contribution in [2.75, 3.05) is 4.90 Å². The van der Waals surface area contributed by atoms with Crippen LogP contribution in [0.25, 0.3) is 66.4 Å². The maximum absolute atomic E-state index is 6.40. The lowest BCUT2D eigenvalue weighted by molar-refractivity contribution is 0.589. The molecular weight excluding hydrogens is 727 g/mol. The normalized spacial score (nSPS) is 13.7. The van der Waals surface area contributed by atoms with Crippen molar-refractivity contribution in [1.82, 2.24) is 4.48 Å². The van der Waals surface area contributed by atoms with Crippen molar-refractivity contribution >= 4 is 67.7 Å². The molecule has 0 fully saturated rings. The molecule has 0 aliphatic carbocycles. The highest BCUT2D eigenvalue weighted by Crippen LogP contribution is 2.52. The Morgan fingerprint density at radius 1 is 0.467 bits per heavy atom. The molecule has 4 heteroatoms. The fourth-order valence-electron chi connectivity index (χ4n) is 10.0. The number of benzene rings is 7. The van der Waals surface area contributed by atoms with E-state index in [2.05, 4.69) is 217 Å². The Hall–Kier alpha value is -6.26. The Bertz CT molecular complexity index is 3200. The maximum atomic E-state index is 6.40. The van der Waals surface area contributed by atoms with Crippen LogP contribution >= 0.6 is 0 Å². The molecule has 0 bridgehead atoms. The molecule has 0 atom stereocenters. The fourth-order valence-corrected chi connectivity index (χ4v) is 10.0. The number of anilines is 3. The van der Waals surface area contributed by atoms with Gasteiger partial charge >= 0.3 is 6.85 Å². The Morgan fingerprint density at radius 2 is 1.10 bits per heavy atom. The van der Waals surface area contributed by atoms with E-state index in [9.17, 15) is 0 Å². The van der Waals surface area contributed by atoms with E-state index in [4.69, 9.17) is 4.42 Å². The van der Waals surface area contributed by atoms with Gasteiger partial charge in [-0.1, -0.05) is 153 Å². The molecule has 0 amide bonds. The second-order valence-corrected chi connectivity index (χ2v) is 20.2. The third-order valence-corrected chi connectivity index (χ3v) is 13.2. The highest BCUT2D eigenvalue weighted by Gasteiger charge is 2.45. The van der Waals surface area contributed by atoms with E-state index in [-0.39, 0.29) is 23.1 Å². The van der Waals surface area contributed by atoms with Gasteiger partial charge in [0.1, 0.15) is 11.2 Å². The summed E-state index contributed by atoms with van der Waals surface area (Å²) < 4.78 is 9.12. The van der Waals surface area contributed by atoms with Crippen LogP contribution in [0, 0.1) is 0 Å². The van der Waals surface area contributed by atoms with E-state index in [0.717, 1.165) is 21.9 Å². The van der Waals surface area contributed by atoms with E-state index in [0.29, 0.717) is 0 Å². The number of aromatic nitrogens is 1. The van der Waals surface area contributed by atoms with Gasteiger partial charge in [-0.15, -0.1) is 0 Å². The molecule has 2 aliphatic rings. The van der Waals surface area contributed by atoms with Crippen LogP contribution < -0.4 is 15.8 Å². The minimum Gasteiger partial charge on any atom is -0.456 e. The molecule has 0 N–H and O–H groups in total. The Balaban J connectivity index is 1.31. The average molecular weight is 779 g/mol.